The number of amides is 1. The van der Waals surface area contributed by atoms with Crippen LogP contribution < -0.4 is 4.90 Å². The minimum Gasteiger partial charge on any atom is -0.391 e. The summed E-state index contributed by atoms with van der Waals surface area (Å²) in [5.74, 6) is -0.142. The zero-order valence-electron chi connectivity index (χ0n) is 7.17. The third kappa shape index (κ3) is 1.47. The highest BCUT2D eigenvalue weighted by molar-refractivity contribution is 7.16. The van der Waals surface area contributed by atoms with Gasteiger partial charge in [0.05, 0.1) is 25.3 Å². The van der Waals surface area contributed by atoms with Gasteiger partial charge in [-0.25, -0.2) is 4.98 Å². The largest absolute Gasteiger partial charge is 0.391 e. The Morgan fingerprint density at radius 1 is 1.79 bits per heavy atom. The molecule has 1 atom stereocenters. The summed E-state index contributed by atoms with van der Waals surface area (Å²) in [5.41, 5.74) is 0. The number of aromatic nitrogens is 1. The number of nitrogens with zero attached hydrogens (tertiary/aromatic N) is 3. The van der Waals surface area contributed by atoms with E-state index in [4.69, 9.17) is 5.26 Å². The van der Waals surface area contributed by atoms with Gasteiger partial charge in [0.25, 0.3) is 0 Å². The average Bonchev–Trinajstić information content (AvgIpc) is 2.71. The molecule has 0 saturated carbocycles. The Hall–Kier alpha value is -1.45. The van der Waals surface area contributed by atoms with Crippen LogP contribution in [0.25, 0.3) is 0 Å². The molecule has 0 aromatic carbocycles. The Kier molecular flexibility index (Phi) is 2.19. The minimum absolute atomic E-state index is 0.140. The number of nitriles is 1. The molecule has 14 heavy (non-hydrogen) atoms. The van der Waals surface area contributed by atoms with Crippen molar-refractivity contribution in [3.63, 3.8) is 0 Å². The van der Waals surface area contributed by atoms with E-state index in [1.165, 1.54) is 11.1 Å². The van der Waals surface area contributed by atoms with Crippen LogP contribution >= 0.6 is 11.3 Å². The van der Waals surface area contributed by atoms with Crippen molar-refractivity contribution in [2.45, 2.75) is 12.5 Å². The minimum atomic E-state index is -0.614. The van der Waals surface area contributed by atoms with Gasteiger partial charge in [-0.1, -0.05) is 11.3 Å². The van der Waals surface area contributed by atoms with Crippen molar-refractivity contribution < 1.29 is 9.90 Å². The maximum Gasteiger partial charge on any atom is 0.231 e. The first-order chi connectivity index (χ1) is 6.70. The van der Waals surface area contributed by atoms with Crippen LogP contribution in [0.3, 0.4) is 0 Å². The molecule has 1 amide bonds. The summed E-state index contributed by atoms with van der Waals surface area (Å²) in [6, 6.07) is 1.95. The van der Waals surface area contributed by atoms with Gasteiger partial charge in [-0.15, -0.1) is 0 Å². The van der Waals surface area contributed by atoms with Crippen LogP contribution in [-0.4, -0.2) is 28.6 Å². The highest BCUT2D eigenvalue weighted by Gasteiger charge is 2.30. The average molecular weight is 209 g/mol. The van der Waals surface area contributed by atoms with E-state index in [-0.39, 0.29) is 18.9 Å². The summed E-state index contributed by atoms with van der Waals surface area (Å²) in [7, 11) is 0. The van der Waals surface area contributed by atoms with Crippen molar-refractivity contribution in [2.24, 2.45) is 0 Å². The predicted molar refractivity (Wildman–Crippen MR) is 49.8 cm³/mol. The highest BCUT2D eigenvalue weighted by atomic mass is 32.1. The number of hydrogen-bond acceptors (Lipinski definition) is 5. The molecule has 1 aromatic rings. The number of anilines is 1. The lowest BCUT2D eigenvalue weighted by Crippen LogP contribution is -2.24. The zero-order chi connectivity index (χ0) is 10.1. The van der Waals surface area contributed by atoms with Crippen molar-refractivity contribution in [1.29, 1.82) is 5.26 Å². The molecule has 2 heterocycles. The first-order valence-electron chi connectivity index (χ1n) is 4.05. The quantitative estimate of drug-likeness (QED) is 0.712. The maximum atomic E-state index is 11.3. The summed E-state index contributed by atoms with van der Waals surface area (Å²) in [6.07, 6.45) is 0.955. The van der Waals surface area contributed by atoms with Gasteiger partial charge in [0.2, 0.25) is 5.91 Å². The van der Waals surface area contributed by atoms with E-state index in [0.717, 1.165) is 11.3 Å². The van der Waals surface area contributed by atoms with Gasteiger partial charge in [-0.3, -0.25) is 9.69 Å². The number of rotatable bonds is 1. The zero-order valence-corrected chi connectivity index (χ0v) is 7.99. The molecule has 72 valence electrons. The molecular formula is C8H7N3O2S. The van der Waals surface area contributed by atoms with Gasteiger partial charge >= 0.3 is 0 Å². The van der Waals surface area contributed by atoms with Crippen molar-refractivity contribution in [3.05, 3.63) is 11.1 Å². The lowest BCUT2D eigenvalue weighted by Gasteiger charge is -2.10. The maximum absolute atomic E-state index is 11.3. The van der Waals surface area contributed by atoms with Crippen molar-refractivity contribution in [1.82, 2.24) is 4.98 Å². The molecule has 6 heteroatoms. The second kappa shape index (κ2) is 3.36. The molecule has 1 aliphatic heterocycles. The number of β-amino-alcohol motifs (C(OH)–C–C–N with tert-alkyl or cyclic N) is 1. The van der Waals surface area contributed by atoms with Gasteiger partial charge in [0.1, 0.15) is 10.9 Å². The van der Waals surface area contributed by atoms with Gasteiger partial charge in [0, 0.05) is 0 Å². The van der Waals surface area contributed by atoms with Crippen LogP contribution in [0.1, 0.15) is 11.3 Å². The van der Waals surface area contributed by atoms with Crippen LogP contribution in [0.5, 0.6) is 0 Å². The molecule has 1 saturated heterocycles. The Labute approximate surface area is 84.2 Å². The summed E-state index contributed by atoms with van der Waals surface area (Å²) in [4.78, 5) is 17.2. The second-order valence-electron chi connectivity index (χ2n) is 2.98. The standard InChI is InChI=1S/C8H7N3O2S/c9-2-6-3-10-8(14-6)11-4-5(12)1-7(11)13/h3,5,12H,1,4H2. The fourth-order valence-corrected chi connectivity index (χ4v) is 2.05. The summed E-state index contributed by atoms with van der Waals surface area (Å²) < 4.78 is 0. The molecule has 5 nitrogen and oxygen atoms in total. The van der Waals surface area contributed by atoms with Gasteiger partial charge in [-0.05, 0) is 0 Å². The molecule has 1 fully saturated rings. The first kappa shape index (κ1) is 9.12. The van der Waals surface area contributed by atoms with E-state index in [9.17, 15) is 9.90 Å². The number of carbonyl (C=O) groups is 1. The first-order valence-corrected chi connectivity index (χ1v) is 4.86. The number of carbonyl (C=O) groups excluding carboxylic acids is 1. The Morgan fingerprint density at radius 2 is 2.57 bits per heavy atom. The number of thiazole rings is 1. The SMILES string of the molecule is N#Cc1cnc(N2CC(O)CC2=O)s1. The lowest BCUT2D eigenvalue weighted by molar-refractivity contribution is -0.117. The fourth-order valence-electron chi connectivity index (χ4n) is 1.32. The number of aliphatic hydroxyl groups is 1. The van der Waals surface area contributed by atoms with E-state index in [1.54, 1.807) is 0 Å². The summed E-state index contributed by atoms with van der Waals surface area (Å²) in [6.45, 7) is 0.275. The molecule has 0 bridgehead atoms. The van der Waals surface area contributed by atoms with Gasteiger partial charge in [-0.2, -0.15) is 5.26 Å². The Morgan fingerprint density at radius 3 is 3.07 bits per heavy atom. The normalized spacial score (nSPS) is 21.3. The fraction of sp³-hybridized carbons (Fsp3) is 0.375. The second-order valence-corrected chi connectivity index (χ2v) is 3.99. The third-order valence-corrected chi connectivity index (χ3v) is 2.86. The lowest BCUT2D eigenvalue weighted by atomic mass is 10.3. The number of aliphatic hydroxyl groups excluding tert-OH is 1. The molecule has 0 radical (unpaired) electrons. The molecule has 1 unspecified atom stereocenters. The van der Waals surface area contributed by atoms with Crippen LogP contribution in [0.4, 0.5) is 5.13 Å². The van der Waals surface area contributed by atoms with E-state index in [2.05, 4.69) is 4.98 Å². The van der Waals surface area contributed by atoms with Crippen LogP contribution in [-0.2, 0) is 4.79 Å². The molecule has 1 aromatic heterocycles. The van der Waals surface area contributed by atoms with Gasteiger partial charge in [0.15, 0.2) is 5.13 Å². The molecule has 0 aliphatic carbocycles. The van der Waals surface area contributed by atoms with E-state index in [0.29, 0.717) is 10.0 Å². The van der Waals surface area contributed by atoms with Crippen LogP contribution in [0.15, 0.2) is 6.20 Å². The highest BCUT2D eigenvalue weighted by Crippen LogP contribution is 2.26. The van der Waals surface area contributed by atoms with Crippen molar-refractivity contribution in [3.8, 4) is 6.07 Å². The molecule has 1 N–H and O–H groups in total. The Balaban J connectivity index is 2.24. The summed E-state index contributed by atoms with van der Waals surface area (Å²) >= 11 is 1.16. The number of hydrogen-bond donors (Lipinski definition) is 1. The van der Waals surface area contributed by atoms with E-state index < -0.39 is 6.10 Å². The predicted octanol–water partition coefficient (Wildman–Crippen LogP) is 0.112. The topological polar surface area (TPSA) is 77.2 Å². The molecule has 0 spiro atoms. The molecule has 1 aliphatic rings. The monoisotopic (exact) mass is 209 g/mol. The smallest absolute Gasteiger partial charge is 0.231 e. The van der Waals surface area contributed by atoms with Gasteiger partial charge < -0.3 is 5.11 Å². The van der Waals surface area contributed by atoms with E-state index >= 15 is 0 Å². The van der Waals surface area contributed by atoms with Crippen LogP contribution in [0, 0.1) is 11.3 Å². The Bertz CT molecular complexity index is 409. The van der Waals surface area contributed by atoms with Crippen molar-refractivity contribution in [2.75, 3.05) is 11.4 Å². The summed E-state index contributed by atoms with van der Waals surface area (Å²) in [5, 5.41) is 18.3. The third-order valence-electron chi connectivity index (χ3n) is 1.94. The van der Waals surface area contributed by atoms with Crippen molar-refractivity contribution >= 4 is 22.4 Å². The molecule has 2 rings (SSSR count). The molecular weight excluding hydrogens is 202 g/mol. The van der Waals surface area contributed by atoms with E-state index in [1.807, 2.05) is 6.07 Å². The van der Waals surface area contributed by atoms with Crippen LogP contribution in [0.2, 0.25) is 0 Å².